The number of amidine groups is 1. The molecule has 2 aliphatic rings. The Labute approximate surface area is 170 Å². The van der Waals surface area contributed by atoms with E-state index in [0.29, 0.717) is 36.9 Å². The second-order valence-electron chi connectivity index (χ2n) is 7.00. The normalized spacial score (nSPS) is 16.0. The highest BCUT2D eigenvalue weighted by Gasteiger charge is 2.27. The minimum Gasteiger partial charge on any atom is -0.493 e. The van der Waals surface area contributed by atoms with Gasteiger partial charge in [0.2, 0.25) is 5.91 Å². The van der Waals surface area contributed by atoms with Gasteiger partial charge >= 0.3 is 0 Å². The Morgan fingerprint density at radius 3 is 2.76 bits per heavy atom. The third-order valence-corrected chi connectivity index (χ3v) is 5.16. The van der Waals surface area contributed by atoms with Crippen molar-refractivity contribution in [1.82, 2.24) is 9.80 Å². The second-order valence-corrected chi connectivity index (χ2v) is 7.00. The summed E-state index contributed by atoms with van der Waals surface area (Å²) in [6, 6.07) is 13.6. The van der Waals surface area contributed by atoms with Gasteiger partial charge in [0.15, 0.2) is 17.2 Å². The molecule has 2 aliphatic heterocycles. The Bertz CT molecular complexity index is 928. The van der Waals surface area contributed by atoms with Gasteiger partial charge in [-0.15, -0.1) is 0 Å². The average molecular weight is 395 g/mol. The molecule has 7 heteroatoms. The predicted molar refractivity (Wildman–Crippen MR) is 110 cm³/mol. The number of para-hydroxylation sites is 3. The average Bonchev–Trinajstić information content (AvgIpc) is 3.08. The highest BCUT2D eigenvalue weighted by molar-refractivity contribution is 6.04. The van der Waals surface area contributed by atoms with Crippen molar-refractivity contribution >= 4 is 17.4 Å². The lowest BCUT2D eigenvalue weighted by molar-refractivity contribution is -0.134. The first-order valence-corrected chi connectivity index (χ1v) is 9.76. The minimum absolute atomic E-state index is 0.0212. The summed E-state index contributed by atoms with van der Waals surface area (Å²) in [6.07, 6.45) is 0.857. The second kappa shape index (κ2) is 8.53. The Morgan fingerprint density at radius 2 is 1.93 bits per heavy atom. The van der Waals surface area contributed by atoms with E-state index in [-0.39, 0.29) is 12.5 Å². The maximum atomic E-state index is 12.3. The standard InChI is InChI=1S/C22H25N3O4/c1-27-15-20(26)24-11-6-12-25(14-13-24)22-16-7-5-10-19(28-2)21(16)29-18-9-4-3-8-17(18)23-22/h3-5,7-10H,6,11-15H2,1-2H3. The molecule has 1 saturated heterocycles. The van der Waals surface area contributed by atoms with Gasteiger partial charge in [-0.25, -0.2) is 4.99 Å². The van der Waals surface area contributed by atoms with Crippen LogP contribution in [0.5, 0.6) is 17.2 Å². The fourth-order valence-electron chi connectivity index (χ4n) is 3.71. The first-order chi connectivity index (χ1) is 14.2. The fraction of sp³-hybridized carbons (Fsp3) is 0.364. The van der Waals surface area contributed by atoms with E-state index in [9.17, 15) is 4.79 Å². The zero-order valence-corrected chi connectivity index (χ0v) is 16.8. The number of carbonyl (C=O) groups excluding carboxylic acids is 1. The summed E-state index contributed by atoms with van der Waals surface area (Å²) in [5.41, 5.74) is 1.66. The Kier molecular flexibility index (Phi) is 5.67. The van der Waals surface area contributed by atoms with E-state index in [1.54, 1.807) is 14.2 Å². The van der Waals surface area contributed by atoms with Gasteiger partial charge in [0.05, 0.1) is 12.7 Å². The van der Waals surface area contributed by atoms with Gasteiger partial charge in [-0.2, -0.15) is 0 Å². The van der Waals surface area contributed by atoms with E-state index in [0.717, 1.165) is 30.1 Å². The van der Waals surface area contributed by atoms with Gasteiger partial charge in [-0.1, -0.05) is 18.2 Å². The highest BCUT2D eigenvalue weighted by atomic mass is 16.5. The number of fused-ring (bicyclic) bond motifs is 2. The molecule has 0 unspecified atom stereocenters. The molecule has 4 rings (SSSR count). The number of aliphatic imine (C=N–C) groups is 1. The summed E-state index contributed by atoms with van der Waals surface area (Å²) in [5, 5.41) is 0. The number of carbonyl (C=O) groups is 1. The van der Waals surface area contributed by atoms with Crippen molar-refractivity contribution in [1.29, 1.82) is 0 Å². The predicted octanol–water partition coefficient (Wildman–Crippen LogP) is 3.06. The first kappa shape index (κ1) is 19.3. The highest BCUT2D eigenvalue weighted by Crippen LogP contribution is 2.42. The van der Waals surface area contributed by atoms with Crippen molar-refractivity contribution in [3.05, 3.63) is 48.0 Å². The van der Waals surface area contributed by atoms with Crippen molar-refractivity contribution in [3.8, 4) is 17.2 Å². The quantitative estimate of drug-likeness (QED) is 0.799. The third-order valence-electron chi connectivity index (χ3n) is 5.16. The van der Waals surface area contributed by atoms with E-state index >= 15 is 0 Å². The maximum Gasteiger partial charge on any atom is 0.248 e. The van der Waals surface area contributed by atoms with Crippen LogP contribution in [0.3, 0.4) is 0 Å². The Morgan fingerprint density at radius 1 is 1.07 bits per heavy atom. The number of hydrogen-bond acceptors (Lipinski definition) is 6. The van der Waals surface area contributed by atoms with Crippen molar-refractivity contribution in [2.24, 2.45) is 4.99 Å². The summed E-state index contributed by atoms with van der Waals surface area (Å²) < 4.78 is 16.8. The summed E-state index contributed by atoms with van der Waals surface area (Å²) >= 11 is 0. The molecule has 1 amide bonds. The van der Waals surface area contributed by atoms with Crippen LogP contribution in [0.15, 0.2) is 47.5 Å². The van der Waals surface area contributed by atoms with Crippen LogP contribution < -0.4 is 9.47 Å². The minimum atomic E-state index is 0.0212. The summed E-state index contributed by atoms with van der Waals surface area (Å²) in [6.45, 7) is 2.94. The molecule has 152 valence electrons. The number of methoxy groups -OCH3 is 2. The van der Waals surface area contributed by atoms with Crippen LogP contribution in [-0.2, 0) is 9.53 Å². The third kappa shape index (κ3) is 3.91. The van der Waals surface area contributed by atoms with Crippen molar-refractivity contribution in [2.75, 3.05) is 47.0 Å². The molecule has 2 aromatic rings. The number of nitrogens with zero attached hydrogens (tertiary/aromatic N) is 3. The van der Waals surface area contributed by atoms with Crippen molar-refractivity contribution in [3.63, 3.8) is 0 Å². The van der Waals surface area contributed by atoms with Gasteiger partial charge in [-0.05, 0) is 30.7 Å². The lowest BCUT2D eigenvalue weighted by atomic mass is 10.1. The van der Waals surface area contributed by atoms with Crippen LogP contribution in [0.25, 0.3) is 0 Å². The molecule has 0 aromatic heterocycles. The largest absolute Gasteiger partial charge is 0.493 e. The molecule has 1 fully saturated rings. The van der Waals surface area contributed by atoms with Crippen LogP contribution in [0.2, 0.25) is 0 Å². The van der Waals surface area contributed by atoms with Crippen LogP contribution in [0.1, 0.15) is 12.0 Å². The van der Waals surface area contributed by atoms with Crippen molar-refractivity contribution < 1.29 is 19.0 Å². The Balaban J connectivity index is 1.71. The molecule has 0 atom stereocenters. The molecule has 0 bridgehead atoms. The number of rotatable bonds is 3. The molecule has 29 heavy (non-hydrogen) atoms. The number of benzene rings is 2. The van der Waals surface area contributed by atoms with Crippen LogP contribution in [0, 0.1) is 0 Å². The maximum absolute atomic E-state index is 12.3. The smallest absolute Gasteiger partial charge is 0.248 e. The number of amides is 1. The molecule has 0 saturated carbocycles. The van der Waals surface area contributed by atoms with E-state index in [2.05, 4.69) is 4.90 Å². The molecule has 7 nitrogen and oxygen atoms in total. The fourth-order valence-corrected chi connectivity index (χ4v) is 3.71. The molecule has 2 aromatic carbocycles. The summed E-state index contributed by atoms with van der Waals surface area (Å²) in [5.74, 6) is 2.88. The lowest BCUT2D eigenvalue weighted by Crippen LogP contribution is -2.38. The van der Waals surface area contributed by atoms with E-state index in [4.69, 9.17) is 19.2 Å². The molecule has 0 N–H and O–H groups in total. The molecule has 2 heterocycles. The summed E-state index contributed by atoms with van der Waals surface area (Å²) in [7, 11) is 3.18. The van der Waals surface area contributed by atoms with Gasteiger partial charge < -0.3 is 24.0 Å². The van der Waals surface area contributed by atoms with E-state index in [1.165, 1.54) is 0 Å². The zero-order valence-electron chi connectivity index (χ0n) is 16.8. The number of hydrogen-bond donors (Lipinski definition) is 0. The molecule has 0 spiro atoms. The number of ether oxygens (including phenoxy) is 3. The molecular formula is C22H25N3O4. The van der Waals surface area contributed by atoms with Gasteiger partial charge in [0, 0.05) is 33.3 Å². The topological polar surface area (TPSA) is 63.6 Å². The van der Waals surface area contributed by atoms with Gasteiger partial charge in [0.25, 0.3) is 0 Å². The monoisotopic (exact) mass is 395 g/mol. The first-order valence-electron chi connectivity index (χ1n) is 9.76. The van der Waals surface area contributed by atoms with E-state index < -0.39 is 0 Å². The van der Waals surface area contributed by atoms with Crippen LogP contribution in [0.4, 0.5) is 5.69 Å². The van der Waals surface area contributed by atoms with E-state index in [1.807, 2.05) is 47.4 Å². The Hall–Kier alpha value is -3.06. The summed E-state index contributed by atoms with van der Waals surface area (Å²) in [4.78, 5) is 21.3. The molecule has 0 radical (unpaired) electrons. The zero-order chi connectivity index (χ0) is 20.2. The lowest BCUT2D eigenvalue weighted by Gasteiger charge is -2.25. The van der Waals surface area contributed by atoms with Crippen LogP contribution >= 0.6 is 0 Å². The molecule has 0 aliphatic carbocycles. The van der Waals surface area contributed by atoms with Crippen molar-refractivity contribution in [2.45, 2.75) is 6.42 Å². The van der Waals surface area contributed by atoms with Gasteiger partial charge in [-0.3, -0.25) is 4.79 Å². The van der Waals surface area contributed by atoms with Gasteiger partial charge in [0.1, 0.15) is 18.1 Å². The van der Waals surface area contributed by atoms with Crippen LogP contribution in [-0.4, -0.2) is 68.5 Å². The SMILES string of the molecule is COCC(=O)N1CCCN(C2=Nc3ccccc3Oc3c(OC)cccc32)CC1. The molecular weight excluding hydrogens is 370 g/mol.